The van der Waals surface area contributed by atoms with Crippen molar-refractivity contribution in [3.05, 3.63) is 96.6 Å². The van der Waals surface area contributed by atoms with E-state index in [2.05, 4.69) is 105 Å². The first-order valence-electron chi connectivity index (χ1n) is 8.91. The highest BCUT2D eigenvalue weighted by Crippen LogP contribution is 2.32. The van der Waals surface area contributed by atoms with Crippen LogP contribution in [0, 0.1) is 0 Å². The predicted molar refractivity (Wildman–Crippen MR) is 109 cm³/mol. The SMILES string of the molecule is CC(C)c1ccc(-c2ccc3c(-c4ccccc4)cccc3c2)cc1. The molecule has 0 aliphatic carbocycles. The lowest BCUT2D eigenvalue weighted by atomic mass is 9.94. The molecular weight excluding hydrogens is 300 g/mol. The summed E-state index contributed by atoms with van der Waals surface area (Å²) in [4.78, 5) is 0. The summed E-state index contributed by atoms with van der Waals surface area (Å²) in [5.74, 6) is 0.569. The third-order valence-corrected chi connectivity index (χ3v) is 4.88. The Balaban J connectivity index is 1.79. The summed E-state index contributed by atoms with van der Waals surface area (Å²) >= 11 is 0. The molecule has 0 aromatic heterocycles. The van der Waals surface area contributed by atoms with Crippen LogP contribution in [0.5, 0.6) is 0 Å². The molecule has 0 unspecified atom stereocenters. The molecule has 4 aromatic rings. The number of rotatable bonds is 3. The molecule has 122 valence electrons. The third-order valence-electron chi connectivity index (χ3n) is 4.88. The van der Waals surface area contributed by atoms with E-state index >= 15 is 0 Å². The Morgan fingerprint density at radius 3 is 2.00 bits per heavy atom. The van der Waals surface area contributed by atoms with E-state index < -0.39 is 0 Å². The van der Waals surface area contributed by atoms with Crippen LogP contribution in [0.3, 0.4) is 0 Å². The second-order valence-electron chi connectivity index (χ2n) is 6.88. The van der Waals surface area contributed by atoms with Crippen LogP contribution < -0.4 is 0 Å². The van der Waals surface area contributed by atoms with E-state index in [-0.39, 0.29) is 0 Å². The normalized spacial score (nSPS) is 11.2. The predicted octanol–water partition coefficient (Wildman–Crippen LogP) is 7.30. The van der Waals surface area contributed by atoms with Gasteiger partial charge in [-0.05, 0) is 50.6 Å². The number of hydrogen-bond donors (Lipinski definition) is 0. The Morgan fingerprint density at radius 2 is 1.28 bits per heavy atom. The highest BCUT2D eigenvalue weighted by Gasteiger charge is 2.06. The summed E-state index contributed by atoms with van der Waals surface area (Å²) < 4.78 is 0. The van der Waals surface area contributed by atoms with Crippen LogP contribution in [0.15, 0.2) is 91.0 Å². The first kappa shape index (κ1) is 15.7. The van der Waals surface area contributed by atoms with E-state index in [0.29, 0.717) is 5.92 Å². The zero-order valence-corrected chi connectivity index (χ0v) is 14.7. The quantitative estimate of drug-likeness (QED) is 0.371. The number of benzene rings is 4. The van der Waals surface area contributed by atoms with Crippen LogP contribution in [-0.4, -0.2) is 0 Å². The molecule has 25 heavy (non-hydrogen) atoms. The van der Waals surface area contributed by atoms with Crippen molar-refractivity contribution in [1.29, 1.82) is 0 Å². The van der Waals surface area contributed by atoms with Gasteiger partial charge in [0.1, 0.15) is 0 Å². The molecule has 4 aromatic carbocycles. The summed E-state index contributed by atoms with van der Waals surface area (Å²) in [6, 6.07) is 32.9. The zero-order valence-electron chi connectivity index (χ0n) is 14.7. The van der Waals surface area contributed by atoms with Gasteiger partial charge in [0, 0.05) is 0 Å². The summed E-state index contributed by atoms with van der Waals surface area (Å²) in [5, 5.41) is 2.59. The fourth-order valence-corrected chi connectivity index (χ4v) is 3.39. The highest BCUT2D eigenvalue weighted by atomic mass is 14.1. The van der Waals surface area contributed by atoms with Crippen molar-refractivity contribution in [3.63, 3.8) is 0 Å². The van der Waals surface area contributed by atoms with Crippen molar-refractivity contribution >= 4 is 10.8 Å². The molecule has 0 spiro atoms. The molecule has 0 radical (unpaired) electrons. The van der Waals surface area contributed by atoms with Gasteiger partial charge in [-0.3, -0.25) is 0 Å². The van der Waals surface area contributed by atoms with Gasteiger partial charge in [-0.1, -0.05) is 98.8 Å². The zero-order chi connectivity index (χ0) is 17.2. The van der Waals surface area contributed by atoms with Crippen molar-refractivity contribution in [2.45, 2.75) is 19.8 Å². The molecule has 0 aliphatic rings. The lowest BCUT2D eigenvalue weighted by Crippen LogP contribution is -1.87. The van der Waals surface area contributed by atoms with E-state index in [0.717, 1.165) is 0 Å². The lowest BCUT2D eigenvalue weighted by Gasteiger charge is -2.10. The molecule has 0 saturated carbocycles. The highest BCUT2D eigenvalue weighted by molar-refractivity contribution is 5.98. The van der Waals surface area contributed by atoms with E-state index in [1.165, 1.54) is 38.6 Å². The third kappa shape index (κ3) is 3.08. The van der Waals surface area contributed by atoms with Crippen LogP contribution in [0.2, 0.25) is 0 Å². The van der Waals surface area contributed by atoms with Gasteiger partial charge in [-0.15, -0.1) is 0 Å². The van der Waals surface area contributed by atoms with Gasteiger partial charge in [0.15, 0.2) is 0 Å². The van der Waals surface area contributed by atoms with E-state index in [1.807, 2.05) is 0 Å². The molecule has 0 N–H and O–H groups in total. The summed E-state index contributed by atoms with van der Waals surface area (Å²) in [6.07, 6.45) is 0. The summed E-state index contributed by atoms with van der Waals surface area (Å²) in [7, 11) is 0. The first-order chi connectivity index (χ1) is 12.2. The van der Waals surface area contributed by atoms with E-state index in [9.17, 15) is 0 Å². The van der Waals surface area contributed by atoms with Crippen LogP contribution >= 0.6 is 0 Å². The summed E-state index contributed by atoms with van der Waals surface area (Å²) in [5.41, 5.74) is 6.49. The molecule has 4 rings (SSSR count). The van der Waals surface area contributed by atoms with Crippen LogP contribution in [-0.2, 0) is 0 Å². The van der Waals surface area contributed by atoms with E-state index in [4.69, 9.17) is 0 Å². The smallest absolute Gasteiger partial charge is 0.0105 e. The minimum Gasteiger partial charge on any atom is -0.0622 e. The number of fused-ring (bicyclic) bond motifs is 1. The Labute approximate surface area is 149 Å². The van der Waals surface area contributed by atoms with Crippen molar-refractivity contribution < 1.29 is 0 Å². The molecule has 0 fully saturated rings. The maximum Gasteiger partial charge on any atom is -0.0105 e. The van der Waals surface area contributed by atoms with Crippen LogP contribution in [0.1, 0.15) is 25.3 Å². The molecule has 0 atom stereocenters. The van der Waals surface area contributed by atoms with Crippen molar-refractivity contribution in [2.24, 2.45) is 0 Å². The van der Waals surface area contributed by atoms with Crippen LogP contribution in [0.25, 0.3) is 33.0 Å². The standard InChI is InChI=1S/C25H22/c1-18(2)19-11-13-20(14-12-19)22-15-16-25-23(17-22)9-6-10-24(25)21-7-4-3-5-8-21/h3-18H,1-2H3. The Bertz CT molecular complexity index is 993. The fraction of sp³-hybridized carbons (Fsp3) is 0.120. The molecule has 0 heteroatoms. The topological polar surface area (TPSA) is 0 Å². The molecule has 0 amide bonds. The van der Waals surface area contributed by atoms with Gasteiger partial charge >= 0.3 is 0 Å². The summed E-state index contributed by atoms with van der Waals surface area (Å²) in [6.45, 7) is 4.46. The van der Waals surface area contributed by atoms with Gasteiger partial charge in [-0.2, -0.15) is 0 Å². The molecular formula is C25H22. The van der Waals surface area contributed by atoms with Crippen molar-refractivity contribution in [3.8, 4) is 22.3 Å². The Kier molecular flexibility index (Phi) is 4.11. The largest absolute Gasteiger partial charge is 0.0622 e. The second-order valence-corrected chi connectivity index (χ2v) is 6.88. The first-order valence-corrected chi connectivity index (χ1v) is 8.91. The van der Waals surface area contributed by atoms with Gasteiger partial charge < -0.3 is 0 Å². The van der Waals surface area contributed by atoms with E-state index in [1.54, 1.807) is 0 Å². The molecule has 0 heterocycles. The van der Waals surface area contributed by atoms with Gasteiger partial charge in [0.2, 0.25) is 0 Å². The maximum atomic E-state index is 2.30. The Morgan fingerprint density at radius 1 is 0.560 bits per heavy atom. The maximum absolute atomic E-state index is 2.30. The van der Waals surface area contributed by atoms with Crippen molar-refractivity contribution in [2.75, 3.05) is 0 Å². The fourth-order valence-electron chi connectivity index (χ4n) is 3.39. The average Bonchev–Trinajstić information content (AvgIpc) is 2.68. The van der Waals surface area contributed by atoms with Gasteiger partial charge in [-0.25, -0.2) is 0 Å². The van der Waals surface area contributed by atoms with Gasteiger partial charge in [0.25, 0.3) is 0 Å². The Hall–Kier alpha value is -2.86. The van der Waals surface area contributed by atoms with Gasteiger partial charge in [0.05, 0.1) is 0 Å². The second kappa shape index (κ2) is 6.57. The lowest BCUT2D eigenvalue weighted by molar-refractivity contribution is 0.867. The number of hydrogen-bond acceptors (Lipinski definition) is 0. The average molecular weight is 322 g/mol. The minimum atomic E-state index is 0.569. The molecule has 0 nitrogen and oxygen atoms in total. The molecule has 0 bridgehead atoms. The monoisotopic (exact) mass is 322 g/mol. The van der Waals surface area contributed by atoms with Crippen molar-refractivity contribution in [1.82, 2.24) is 0 Å². The molecule has 0 aliphatic heterocycles. The molecule has 0 saturated heterocycles. The minimum absolute atomic E-state index is 0.569. The van der Waals surface area contributed by atoms with Crippen LogP contribution in [0.4, 0.5) is 0 Å².